The quantitative estimate of drug-likeness (QED) is 0.788. The van der Waals surface area contributed by atoms with Gasteiger partial charge >= 0.3 is 0 Å². The fourth-order valence-electron chi connectivity index (χ4n) is 3.44. The number of nitrogens with two attached hydrogens (primary N) is 1. The van der Waals surface area contributed by atoms with Crippen molar-refractivity contribution in [1.82, 2.24) is 0 Å². The molecule has 2 unspecified atom stereocenters. The Morgan fingerprint density at radius 1 is 1.18 bits per heavy atom. The Bertz CT molecular complexity index is 383. The maximum absolute atomic E-state index is 13.5. The lowest BCUT2D eigenvalue weighted by Gasteiger charge is -2.40. The van der Waals surface area contributed by atoms with Gasteiger partial charge in [-0.25, -0.2) is 4.39 Å². The molecule has 1 saturated carbocycles. The SMILES string of the molecule is Cc1cc(F)cc(C2(N)CC(C)CC(C)C2)c1. The van der Waals surface area contributed by atoms with Gasteiger partial charge in [-0.3, -0.25) is 0 Å². The Hall–Kier alpha value is -0.890. The minimum atomic E-state index is -0.343. The standard InChI is InChI=1S/C15H22FN/c1-10-5-13(7-14(16)6-10)15(17)8-11(2)4-12(3)9-15/h5-7,11-12H,4,8-9,17H2,1-3H3. The van der Waals surface area contributed by atoms with E-state index in [-0.39, 0.29) is 11.4 Å². The van der Waals surface area contributed by atoms with Gasteiger partial charge in [-0.15, -0.1) is 0 Å². The van der Waals surface area contributed by atoms with Gasteiger partial charge in [0.05, 0.1) is 0 Å². The molecule has 0 aliphatic heterocycles. The molecule has 0 heterocycles. The van der Waals surface area contributed by atoms with Crippen molar-refractivity contribution in [3.05, 3.63) is 35.1 Å². The van der Waals surface area contributed by atoms with E-state index in [0.29, 0.717) is 11.8 Å². The van der Waals surface area contributed by atoms with Crippen LogP contribution in [0.1, 0.15) is 44.2 Å². The lowest BCUT2D eigenvalue weighted by atomic mass is 9.69. The van der Waals surface area contributed by atoms with Crippen LogP contribution in [0.4, 0.5) is 4.39 Å². The number of hydrogen-bond acceptors (Lipinski definition) is 1. The van der Waals surface area contributed by atoms with E-state index in [0.717, 1.165) is 24.0 Å². The minimum absolute atomic E-state index is 0.171. The summed E-state index contributed by atoms with van der Waals surface area (Å²) in [6.45, 7) is 6.40. The van der Waals surface area contributed by atoms with E-state index in [1.54, 1.807) is 12.1 Å². The first-order chi connectivity index (χ1) is 7.89. The molecule has 2 atom stereocenters. The molecule has 94 valence electrons. The maximum atomic E-state index is 13.5. The van der Waals surface area contributed by atoms with Crippen LogP contribution in [0.5, 0.6) is 0 Å². The number of hydrogen-bond donors (Lipinski definition) is 1. The van der Waals surface area contributed by atoms with E-state index in [1.165, 1.54) is 6.42 Å². The largest absolute Gasteiger partial charge is 0.321 e. The zero-order valence-corrected chi connectivity index (χ0v) is 11.0. The molecule has 1 aliphatic carbocycles. The molecule has 0 bridgehead atoms. The normalized spacial score (nSPS) is 33.7. The highest BCUT2D eigenvalue weighted by molar-refractivity contribution is 5.30. The van der Waals surface area contributed by atoms with Crippen LogP contribution in [0.15, 0.2) is 18.2 Å². The first-order valence-corrected chi connectivity index (χ1v) is 6.45. The predicted octanol–water partition coefficient (Wildman–Crippen LogP) is 3.74. The van der Waals surface area contributed by atoms with Gasteiger partial charge in [-0.1, -0.05) is 19.9 Å². The van der Waals surface area contributed by atoms with Crippen molar-refractivity contribution >= 4 is 0 Å². The third-order valence-electron chi connectivity index (χ3n) is 3.85. The predicted molar refractivity (Wildman–Crippen MR) is 69.2 cm³/mol. The highest BCUT2D eigenvalue weighted by atomic mass is 19.1. The number of halogens is 1. The van der Waals surface area contributed by atoms with Crippen LogP contribution in [0.2, 0.25) is 0 Å². The van der Waals surface area contributed by atoms with E-state index >= 15 is 0 Å². The molecule has 2 N–H and O–H groups in total. The molecular formula is C15H22FN. The first kappa shape index (κ1) is 12.6. The average molecular weight is 235 g/mol. The van der Waals surface area contributed by atoms with Crippen molar-refractivity contribution in [1.29, 1.82) is 0 Å². The summed E-state index contributed by atoms with van der Waals surface area (Å²) in [6.07, 6.45) is 3.15. The van der Waals surface area contributed by atoms with Gasteiger partial charge in [0, 0.05) is 5.54 Å². The minimum Gasteiger partial charge on any atom is -0.321 e. The third kappa shape index (κ3) is 2.68. The van der Waals surface area contributed by atoms with Crippen LogP contribution >= 0.6 is 0 Å². The Morgan fingerprint density at radius 3 is 2.29 bits per heavy atom. The van der Waals surface area contributed by atoms with Crippen molar-refractivity contribution < 1.29 is 4.39 Å². The summed E-state index contributed by atoms with van der Waals surface area (Å²) in [7, 11) is 0. The van der Waals surface area contributed by atoms with E-state index < -0.39 is 0 Å². The molecule has 2 heteroatoms. The van der Waals surface area contributed by atoms with Crippen molar-refractivity contribution in [2.75, 3.05) is 0 Å². The van der Waals surface area contributed by atoms with Crippen LogP contribution < -0.4 is 5.73 Å². The van der Waals surface area contributed by atoms with E-state index in [4.69, 9.17) is 5.73 Å². The Balaban J connectivity index is 2.36. The van der Waals surface area contributed by atoms with Crippen molar-refractivity contribution in [3.8, 4) is 0 Å². The summed E-state index contributed by atoms with van der Waals surface area (Å²) in [5.74, 6) is 1.07. The lowest BCUT2D eigenvalue weighted by Crippen LogP contribution is -2.43. The van der Waals surface area contributed by atoms with Gasteiger partial charge in [0.25, 0.3) is 0 Å². The number of aryl methyl sites for hydroxylation is 1. The molecule has 0 saturated heterocycles. The lowest BCUT2D eigenvalue weighted by molar-refractivity contribution is 0.183. The first-order valence-electron chi connectivity index (χ1n) is 6.45. The smallest absolute Gasteiger partial charge is 0.123 e. The monoisotopic (exact) mass is 235 g/mol. The van der Waals surface area contributed by atoms with Gasteiger partial charge in [0.15, 0.2) is 0 Å². The van der Waals surface area contributed by atoms with E-state index in [2.05, 4.69) is 13.8 Å². The molecular weight excluding hydrogens is 213 g/mol. The molecule has 1 nitrogen and oxygen atoms in total. The second-order valence-electron chi connectivity index (χ2n) is 6.03. The molecule has 1 aromatic rings. The fourth-order valence-corrected chi connectivity index (χ4v) is 3.44. The van der Waals surface area contributed by atoms with Gasteiger partial charge in [0.2, 0.25) is 0 Å². The highest BCUT2D eigenvalue weighted by Crippen LogP contribution is 2.41. The van der Waals surface area contributed by atoms with Crippen LogP contribution in [0.25, 0.3) is 0 Å². The summed E-state index contributed by atoms with van der Waals surface area (Å²) in [4.78, 5) is 0. The zero-order chi connectivity index (χ0) is 12.6. The van der Waals surface area contributed by atoms with Crippen molar-refractivity contribution in [3.63, 3.8) is 0 Å². The summed E-state index contributed by atoms with van der Waals surface area (Å²) in [5.41, 5.74) is 8.11. The molecule has 0 spiro atoms. The molecule has 0 radical (unpaired) electrons. The van der Waals surface area contributed by atoms with Gasteiger partial charge in [-0.05, 0) is 61.3 Å². The van der Waals surface area contributed by atoms with Crippen molar-refractivity contribution in [2.45, 2.75) is 45.6 Å². The number of benzene rings is 1. The van der Waals surface area contributed by atoms with Crippen LogP contribution in [-0.2, 0) is 5.54 Å². The molecule has 1 aliphatic rings. The van der Waals surface area contributed by atoms with Gasteiger partial charge in [0.1, 0.15) is 5.82 Å². The van der Waals surface area contributed by atoms with E-state index in [1.807, 2.05) is 13.0 Å². The fraction of sp³-hybridized carbons (Fsp3) is 0.600. The third-order valence-corrected chi connectivity index (χ3v) is 3.85. The maximum Gasteiger partial charge on any atom is 0.123 e. The topological polar surface area (TPSA) is 26.0 Å². The summed E-state index contributed by atoms with van der Waals surface area (Å²) in [5, 5.41) is 0. The average Bonchev–Trinajstić information content (AvgIpc) is 2.13. The Morgan fingerprint density at radius 2 is 1.76 bits per heavy atom. The Labute approximate surface area is 103 Å². The van der Waals surface area contributed by atoms with E-state index in [9.17, 15) is 4.39 Å². The highest BCUT2D eigenvalue weighted by Gasteiger charge is 2.36. The second-order valence-corrected chi connectivity index (χ2v) is 6.03. The molecule has 17 heavy (non-hydrogen) atoms. The van der Waals surface area contributed by atoms with Crippen molar-refractivity contribution in [2.24, 2.45) is 17.6 Å². The van der Waals surface area contributed by atoms with Gasteiger partial charge < -0.3 is 5.73 Å². The summed E-state index contributed by atoms with van der Waals surface area (Å²) in [6, 6.07) is 5.20. The summed E-state index contributed by atoms with van der Waals surface area (Å²) < 4.78 is 13.5. The van der Waals surface area contributed by atoms with Gasteiger partial charge in [-0.2, -0.15) is 0 Å². The molecule has 2 rings (SSSR count). The molecule has 1 fully saturated rings. The van der Waals surface area contributed by atoms with Crippen LogP contribution in [0.3, 0.4) is 0 Å². The molecule has 0 amide bonds. The zero-order valence-electron chi connectivity index (χ0n) is 11.0. The Kier molecular flexibility index (Phi) is 3.26. The van der Waals surface area contributed by atoms with Crippen LogP contribution in [-0.4, -0.2) is 0 Å². The second kappa shape index (κ2) is 4.41. The number of rotatable bonds is 1. The molecule has 0 aromatic heterocycles. The molecule has 1 aromatic carbocycles. The summed E-state index contributed by atoms with van der Waals surface area (Å²) >= 11 is 0. The van der Waals surface area contributed by atoms with Crippen LogP contribution in [0, 0.1) is 24.6 Å².